The fraction of sp³-hybridized carbons (Fsp3) is 0.375. The molecule has 0 spiro atoms. The van der Waals surface area contributed by atoms with Crippen molar-refractivity contribution in [3.63, 3.8) is 0 Å². The van der Waals surface area contributed by atoms with Crippen LogP contribution in [0.2, 0.25) is 0 Å². The van der Waals surface area contributed by atoms with Gasteiger partial charge in [-0.2, -0.15) is 13.2 Å². The Bertz CT molecular complexity index is 614. The van der Waals surface area contributed by atoms with Crippen molar-refractivity contribution in [2.24, 2.45) is 0 Å². The molecule has 0 aliphatic rings. The van der Waals surface area contributed by atoms with E-state index in [0.29, 0.717) is 6.54 Å². The largest absolute Gasteiger partial charge is 0.433 e. The molecule has 0 aliphatic carbocycles. The summed E-state index contributed by atoms with van der Waals surface area (Å²) in [6.45, 7) is 0.448. The van der Waals surface area contributed by atoms with Gasteiger partial charge in [-0.25, -0.2) is 9.97 Å². The predicted octanol–water partition coefficient (Wildman–Crippen LogP) is 3.08. The monoisotopic (exact) mass is 324 g/mol. The van der Waals surface area contributed by atoms with Gasteiger partial charge in [0.05, 0.1) is 0 Å². The normalized spacial score (nSPS) is 13.1. The lowest BCUT2D eigenvalue weighted by Gasteiger charge is -2.24. The second kappa shape index (κ2) is 7.41. The van der Waals surface area contributed by atoms with Crippen LogP contribution >= 0.6 is 0 Å². The van der Waals surface area contributed by atoms with Crippen molar-refractivity contribution in [2.75, 3.05) is 26.0 Å². The van der Waals surface area contributed by atoms with Crippen molar-refractivity contribution >= 4 is 5.95 Å². The second-order valence-corrected chi connectivity index (χ2v) is 5.45. The van der Waals surface area contributed by atoms with E-state index in [1.165, 1.54) is 0 Å². The quantitative estimate of drug-likeness (QED) is 0.886. The van der Waals surface area contributed by atoms with Gasteiger partial charge in [0.25, 0.3) is 0 Å². The molecule has 124 valence electrons. The van der Waals surface area contributed by atoms with E-state index in [2.05, 4.69) is 15.3 Å². The molecule has 1 unspecified atom stereocenters. The Labute approximate surface area is 133 Å². The Morgan fingerprint density at radius 2 is 1.83 bits per heavy atom. The molecule has 2 rings (SSSR count). The minimum atomic E-state index is -4.47. The highest BCUT2D eigenvalue weighted by molar-refractivity contribution is 5.27. The minimum Gasteiger partial charge on any atom is -0.353 e. The second-order valence-electron chi connectivity index (χ2n) is 5.45. The number of nitrogens with one attached hydrogen (secondary N) is 1. The van der Waals surface area contributed by atoms with E-state index in [9.17, 15) is 13.2 Å². The number of hydrogen-bond acceptors (Lipinski definition) is 4. The lowest BCUT2D eigenvalue weighted by molar-refractivity contribution is -0.141. The van der Waals surface area contributed by atoms with Crippen molar-refractivity contribution < 1.29 is 13.2 Å². The van der Waals surface area contributed by atoms with Gasteiger partial charge < -0.3 is 10.2 Å². The fourth-order valence-electron chi connectivity index (χ4n) is 2.13. The molecule has 4 nitrogen and oxygen atoms in total. The lowest BCUT2D eigenvalue weighted by atomic mass is 10.1. The zero-order valence-electron chi connectivity index (χ0n) is 13.0. The van der Waals surface area contributed by atoms with Crippen LogP contribution in [0.4, 0.5) is 19.1 Å². The van der Waals surface area contributed by atoms with Crippen molar-refractivity contribution in [1.29, 1.82) is 0 Å². The third kappa shape index (κ3) is 5.21. The molecule has 1 atom stereocenters. The average Bonchev–Trinajstić information content (AvgIpc) is 2.51. The topological polar surface area (TPSA) is 41.0 Å². The summed E-state index contributed by atoms with van der Waals surface area (Å²) in [4.78, 5) is 9.39. The summed E-state index contributed by atoms with van der Waals surface area (Å²) in [7, 11) is 3.87. The Hall–Kier alpha value is -2.15. The molecule has 1 heterocycles. The van der Waals surface area contributed by atoms with E-state index in [4.69, 9.17) is 0 Å². The number of halogens is 3. The van der Waals surface area contributed by atoms with E-state index >= 15 is 0 Å². The van der Waals surface area contributed by atoms with Crippen molar-refractivity contribution in [1.82, 2.24) is 14.9 Å². The summed E-state index contributed by atoms with van der Waals surface area (Å²) in [5.74, 6) is -0.0141. The summed E-state index contributed by atoms with van der Waals surface area (Å²) in [5, 5.41) is 2.89. The summed E-state index contributed by atoms with van der Waals surface area (Å²) in [6.07, 6.45) is -2.58. The molecule has 0 fully saturated rings. The van der Waals surface area contributed by atoms with Crippen LogP contribution in [0, 0.1) is 0 Å². The number of alkyl halides is 3. The Morgan fingerprint density at radius 3 is 2.43 bits per heavy atom. The van der Waals surface area contributed by atoms with Gasteiger partial charge in [0.1, 0.15) is 5.69 Å². The third-order valence-corrected chi connectivity index (χ3v) is 3.49. The molecular formula is C16H19F3N4. The number of nitrogens with zero attached hydrogens (tertiary/aromatic N) is 3. The van der Waals surface area contributed by atoms with E-state index in [1.807, 2.05) is 49.3 Å². The van der Waals surface area contributed by atoms with Crippen molar-refractivity contribution in [2.45, 2.75) is 18.6 Å². The average molecular weight is 324 g/mol. The first-order valence-corrected chi connectivity index (χ1v) is 7.20. The zero-order chi connectivity index (χ0) is 16.9. The number of benzene rings is 1. The minimum absolute atomic E-state index is 0.0141. The molecule has 0 radical (unpaired) electrons. The van der Waals surface area contributed by atoms with Crippen molar-refractivity contribution in [3.05, 3.63) is 53.9 Å². The maximum absolute atomic E-state index is 12.7. The summed E-state index contributed by atoms with van der Waals surface area (Å²) in [5.41, 5.74) is 0.220. The fourth-order valence-corrected chi connectivity index (χ4v) is 2.13. The molecule has 1 aromatic carbocycles. The molecule has 0 bridgehead atoms. The first-order chi connectivity index (χ1) is 10.9. The number of rotatable bonds is 6. The number of likely N-dealkylation sites (N-methyl/N-ethyl adjacent to an activating group) is 1. The van der Waals surface area contributed by atoms with Gasteiger partial charge in [0, 0.05) is 18.8 Å². The van der Waals surface area contributed by atoms with Gasteiger partial charge in [-0.05, 0) is 32.1 Å². The summed E-state index contributed by atoms with van der Waals surface area (Å²) in [6, 6.07) is 10.9. The van der Waals surface area contributed by atoms with Crippen LogP contribution < -0.4 is 5.32 Å². The highest BCUT2D eigenvalue weighted by Crippen LogP contribution is 2.27. The summed E-state index contributed by atoms with van der Waals surface area (Å²) >= 11 is 0. The van der Waals surface area contributed by atoms with Crippen LogP contribution in [-0.4, -0.2) is 41.5 Å². The molecule has 2 aromatic rings. The predicted molar refractivity (Wildman–Crippen MR) is 83.1 cm³/mol. The standard InChI is InChI=1S/C16H19F3N4/c1-23(2)13(10-12-6-4-3-5-7-12)11-21-15-20-9-8-14(22-15)16(17,18)19/h3-9,13H,10-11H2,1-2H3,(H,20,21,22). The highest BCUT2D eigenvalue weighted by Gasteiger charge is 2.32. The maximum Gasteiger partial charge on any atom is 0.433 e. The van der Waals surface area contributed by atoms with Crippen LogP contribution in [0.15, 0.2) is 42.6 Å². The molecule has 0 saturated carbocycles. The number of anilines is 1. The first kappa shape index (κ1) is 17.2. The van der Waals surface area contributed by atoms with Gasteiger partial charge in [-0.3, -0.25) is 0 Å². The van der Waals surface area contributed by atoms with Gasteiger partial charge in [-0.1, -0.05) is 30.3 Å². The third-order valence-electron chi connectivity index (χ3n) is 3.49. The molecule has 23 heavy (non-hydrogen) atoms. The molecular weight excluding hydrogens is 305 g/mol. The van der Waals surface area contributed by atoms with Crippen LogP contribution in [0.3, 0.4) is 0 Å². The molecule has 0 saturated heterocycles. The smallest absolute Gasteiger partial charge is 0.353 e. The van der Waals surface area contributed by atoms with E-state index in [-0.39, 0.29) is 12.0 Å². The number of hydrogen-bond donors (Lipinski definition) is 1. The van der Waals surface area contributed by atoms with E-state index in [0.717, 1.165) is 24.2 Å². The SMILES string of the molecule is CN(C)C(CNc1nccc(C(F)(F)F)n1)Cc1ccccc1. The van der Waals surface area contributed by atoms with Gasteiger partial charge in [0.2, 0.25) is 5.95 Å². The zero-order valence-corrected chi connectivity index (χ0v) is 13.0. The first-order valence-electron chi connectivity index (χ1n) is 7.20. The van der Waals surface area contributed by atoms with Crippen LogP contribution in [-0.2, 0) is 12.6 Å². The van der Waals surface area contributed by atoms with Crippen LogP contribution in [0.5, 0.6) is 0 Å². The van der Waals surface area contributed by atoms with Crippen LogP contribution in [0.25, 0.3) is 0 Å². The Balaban J connectivity index is 2.02. The Morgan fingerprint density at radius 1 is 1.13 bits per heavy atom. The van der Waals surface area contributed by atoms with Gasteiger partial charge in [-0.15, -0.1) is 0 Å². The maximum atomic E-state index is 12.7. The van der Waals surface area contributed by atoms with E-state index in [1.54, 1.807) is 0 Å². The van der Waals surface area contributed by atoms with Gasteiger partial charge >= 0.3 is 6.18 Å². The van der Waals surface area contributed by atoms with E-state index < -0.39 is 11.9 Å². The van der Waals surface area contributed by atoms with Gasteiger partial charge in [0.15, 0.2) is 0 Å². The van der Waals surface area contributed by atoms with Crippen molar-refractivity contribution in [3.8, 4) is 0 Å². The van der Waals surface area contributed by atoms with Crippen LogP contribution in [0.1, 0.15) is 11.3 Å². The summed E-state index contributed by atoms with van der Waals surface area (Å²) < 4.78 is 38.0. The highest BCUT2D eigenvalue weighted by atomic mass is 19.4. The molecule has 0 amide bonds. The number of aromatic nitrogens is 2. The molecule has 0 aliphatic heterocycles. The molecule has 1 aromatic heterocycles. The molecule has 1 N–H and O–H groups in total. The lowest BCUT2D eigenvalue weighted by Crippen LogP contribution is -2.36. The Kier molecular flexibility index (Phi) is 5.54. The molecule has 7 heteroatoms.